The number of hydrogen-bond acceptors (Lipinski definition) is 8. The van der Waals surface area contributed by atoms with Crippen LogP contribution in [0.15, 0.2) is 406 Å². The summed E-state index contributed by atoms with van der Waals surface area (Å²) in [5.41, 5.74) is 25.3. The van der Waals surface area contributed by atoms with Crippen molar-refractivity contribution in [3.63, 3.8) is 0 Å². The fourth-order valence-electron chi connectivity index (χ4n) is 16.9. The van der Waals surface area contributed by atoms with E-state index in [1.54, 1.807) is 0 Å². The maximum absolute atomic E-state index is 6.29. The Morgan fingerprint density at radius 3 is 1.01 bits per heavy atom. The molecule has 117 heavy (non-hydrogen) atoms. The monoisotopic (exact) mass is 1500 g/mol. The zero-order valence-corrected chi connectivity index (χ0v) is 63.0. The Labute approximate surface area is 674 Å². The van der Waals surface area contributed by atoms with Crippen molar-refractivity contribution in [1.82, 2.24) is 34.1 Å². The number of imidazole rings is 2. The Kier molecular flexibility index (Phi) is 16.7. The molecule has 18 aromatic carbocycles. The molecule has 548 valence electrons. The van der Waals surface area contributed by atoms with Gasteiger partial charge in [-0.3, -0.25) is 9.13 Å². The van der Waals surface area contributed by atoms with E-state index in [0.717, 1.165) is 152 Å². The van der Waals surface area contributed by atoms with Crippen LogP contribution in [0.3, 0.4) is 0 Å². The van der Waals surface area contributed by atoms with Gasteiger partial charge in [-0.05, 0) is 157 Å². The molecule has 0 radical (unpaired) electrons. The standard InChI is InChI=1S/C37H23N3O.2C35H22N2O/c1-3-10-25(11-4-1)35-38-36(26-12-5-2-6-13-26)40-37(39-35)27-20-18-24(19-21-27)28-22-23-33-34-30(28)15-9-16-31(34)29-14-7-8-17-32(29)41-33;1-2-9-24(10-3-1)35-36-30-14-5-6-15-31(30)37(35)25-19-17-23(18-20-25)26-21-22-33-34-28(26)12-8-13-29(34)27-11-4-7-16-32(27)38-33;1-2-8-25(9-3-1)35-36-30-13-4-5-14-31(30)37(35)27-19-16-23(17-20-27)26-18-21-32-29(22-26)28-12-6-10-24-11-7-15-33(38-32)34(24)28/h1-23H;2*1-22H. The summed E-state index contributed by atoms with van der Waals surface area (Å²) in [5.74, 6) is 9.26. The quantitative estimate of drug-likeness (QED) is 0.133. The number of fused-ring (bicyclic) bond motifs is 8. The molecule has 0 saturated heterocycles. The van der Waals surface area contributed by atoms with Crippen molar-refractivity contribution in [2.45, 2.75) is 0 Å². The number of aromatic nitrogens is 7. The van der Waals surface area contributed by atoms with Crippen molar-refractivity contribution in [2.75, 3.05) is 0 Å². The van der Waals surface area contributed by atoms with Crippen molar-refractivity contribution in [2.24, 2.45) is 0 Å². The van der Waals surface area contributed by atoms with Gasteiger partial charge in [0, 0.05) is 72.0 Å². The van der Waals surface area contributed by atoms with E-state index in [0.29, 0.717) is 17.5 Å². The molecule has 3 aliphatic rings. The van der Waals surface area contributed by atoms with E-state index in [9.17, 15) is 0 Å². The van der Waals surface area contributed by atoms with Crippen molar-refractivity contribution in [3.05, 3.63) is 406 Å². The maximum Gasteiger partial charge on any atom is 0.164 e. The largest absolute Gasteiger partial charge is 0.456 e. The van der Waals surface area contributed by atoms with Crippen LogP contribution >= 0.6 is 0 Å². The molecule has 0 N–H and O–H groups in total. The summed E-state index contributed by atoms with van der Waals surface area (Å²) in [5, 5.41) is 7.04. The number of para-hydroxylation sites is 6. The zero-order chi connectivity index (χ0) is 77.3. The molecule has 0 saturated carbocycles. The lowest BCUT2D eigenvalue weighted by Gasteiger charge is -2.22. The minimum absolute atomic E-state index is 0.645. The molecule has 0 aliphatic carbocycles. The highest BCUT2D eigenvalue weighted by molar-refractivity contribution is 6.12. The third-order valence-corrected chi connectivity index (χ3v) is 22.4. The SMILES string of the molecule is c1ccc(-c2nc(-c3ccccc3)nc(-c3ccc(-c4ccc5c6c(cccc46)-c4ccccc4O5)cc3)n2)cc1.c1ccc(-c2nc3ccccc3n2-c2ccc(-c3ccc4c(c3)-c3cccc5cccc(c35)O4)cc2)cc1.c1ccc(-c2nc3ccccc3n2-c2ccc(-c3ccc4c5c(cccc35)-c3ccccc3O4)cc2)cc1. The molecule has 10 nitrogen and oxygen atoms in total. The molecular weight excluding hydrogens is 1430 g/mol. The predicted octanol–water partition coefficient (Wildman–Crippen LogP) is 28.0. The van der Waals surface area contributed by atoms with Crippen LogP contribution in [-0.2, 0) is 0 Å². The Morgan fingerprint density at radius 1 is 0.188 bits per heavy atom. The molecule has 21 aromatic rings. The summed E-state index contributed by atoms with van der Waals surface area (Å²) in [6.45, 7) is 0. The summed E-state index contributed by atoms with van der Waals surface area (Å²) in [6.07, 6.45) is 0. The smallest absolute Gasteiger partial charge is 0.164 e. The zero-order valence-electron chi connectivity index (χ0n) is 63.0. The first-order valence-electron chi connectivity index (χ1n) is 39.3. The van der Waals surface area contributed by atoms with E-state index in [2.05, 4.69) is 300 Å². The van der Waals surface area contributed by atoms with Gasteiger partial charge in [-0.25, -0.2) is 24.9 Å². The fraction of sp³-hybridized carbons (Fsp3) is 0. The van der Waals surface area contributed by atoms with Gasteiger partial charge >= 0.3 is 0 Å². The first-order chi connectivity index (χ1) is 58.0. The van der Waals surface area contributed by atoms with Crippen molar-refractivity contribution >= 4 is 54.4 Å². The summed E-state index contributed by atoms with van der Waals surface area (Å²) in [6, 6.07) is 141. The molecular formula is C107H67N7O3. The highest BCUT2D eigenvalue weighted by Gasteiger charge is 2.26. The molecule has 10 heteroatoms. The molecule has 3 aliphatic heterocycles. The summed E-state index contributed by atoms with van der Waals surface area (Å²) in [4.78, 5) is 24.5. The Hall–Kier alpha value is -15.9. The fourth-order valence-corrected chi connectivity index (χ4v) is 16.9. The minimum Gasteiger partial charge on any atom is -0.456 e. The average Bonchev–Trinajstić information content (AvgIpc) is 1.69. The first kappa shape index (κ1) is 67.9. The Balaban J connectivity index is 0.000000106. The summed E-state index contributed by atoms with van der Waals surface area (Å²) in [7, 11) is 0. The average molecular weight is 1500 g/mol. The number of hydrogen-bond donors (Lipinski definition) is 0. The molecule has 0 fully saturated rings. The second-order valence-electron chi connectivity index (χ2n) is 29.3. The van der Waals surface area contributed by atoms with E-state index >= 15 is 0 Å². The second kappa shape index (κ2) is 28.7. The Bertz CT molecular complexity index is 7370. The van der Waals surface area contributed by atoms with Crippen LogP contribution in [0.5, 0.6) is 34.5 Å². The highest BCUT2D eigenvalue weighted by Crippen LogP contribution is 2.52. The van der Waals surface area contributed by atoms with Gasteiger partial charge in [-0.2, -0.15) is 0 Å². The third kappa shape index (κ3) is 12.2. The number of ether oxygens (including phenoxy) is 3. The number of nitrogens with zero attached hydrogens (tertiary/aromatic N) is 7. The highest BCUT2D eigenvalue weighted by atomic mass is 16.5. The van der Waals surface area contributed by atoms with Gasteiger partial charge in [0.1, 0.15) is 46.1 Å². The van der Waals surface area contributed by atoms with Crippen LogP contribution in [0, 0.1) is 0 Å². The van der Waals surface area contributed by atoms with Gasteiger partial charge in [0.25, 0.3) is 0 Å². The van der Waals surface area contributed by atoms with Gasteiger partial charge in [-0.15, -0.1) is 0 Å². The van der Waals surface area contributed by atoms with E-state index in [1.165, 1.54) is 54.7 Å². The molecule has 0 atom stereocenters. The third-order valence-electron chi connectivity index (χ3n) is 22.4. The number of benzene rings is 18. The minimum atomic E-state index is 0.645. The van der Waals surface area contributed by atoms with Crippen LogP contribution in [-0.4, -0.2) is 34.1 Å². The lowest BCUT2D eigenvalue weighted by Crippen LogP contribution is -2.00. The van der Waals surface area contributed by atoms with Crippen LogP contribution in [0.1, 0.15) is 0 Å². The Morgan fingerprint density at radius 2 is 0.521 bits per heavy atom. The van der Waals surface area contributed by atoms with E-state index in [1.807, 2.05) is 115 Å². The van der Waals surface area contributed by atoms with Gasteiger partial charge in [0.2, 0.25) is 0 Å². The van der Waals surface area contributed by atoms with Crippen LogP contribution in [0.25, 0.3) is 189 Å². The molecule has 0 spiro atoms. The molecule has 0 bridgehead atoms. The van der Waals surface area contributed by atoms with Crippen molar-refractivity contribution in [1.29, 1.82) is 0 Å². The van der Waals surface area contributed by atoms with Crippen molar-refractivity contribution in [3.8, 4) is 170 Å². The van der Waals surface area contributed by atoms with Crippen LogP contribution < -0.4 is 14.2 Å². The predicted molar refractivity (Wildman–Crippen MR) is 475 cm³/mol. The first-order valence-corrected chi connectivity index (χ1v) is 39.3. The molecule has 0 amide bonds. The molecule has 24 rings (SSSR count). The van der Waals surface area contributed by atoms with Gasteiger partial charge < -0.3 is 14.2 Å². The van der Waals surface area contributed by atoms with Crippen LogP contribution in [0.2, 0.25) is 0 Å². The van der Waals surface area contributed by atoms with E-state index < -0.39 is 0 Å². The second-order valence-corrected chi connectivity index (χ2v) is 29.3. The molecule has 6 heterocycles. The lowest BCUT2D eigenvalue weighted by molar-refractivity contribution is 0.487. The van der Waals surface area contributed by atoms with E-state index in [4.69, 9.17) is 39.1 Å². The normalized spacial score (nSPS) is 11.8. The number of rotatable bonds is 10. The summed E-state index contributed by atoms with van der Waals surface area (Å²) < 4.78 is 23.4. The van der Waals surface area contributed by atoms with Gasteiger partial charge in [0.05, 0.1) is 22.1 Å². The molecule has 3 aromatic heterocycles. The topological polar surface area (TPSA) is 102 Å². The molecule has 0 unspecified atom stereocenters. The van der Waals surface area contributed by atoms with Crippen molar-refractivity contribution < 1.29 is 14.2 Å². The van der Waals surface area contributed by atoms with E-state index in [-0.39, 0.29) is 0 Å². The summed E-state index contributed by atoms with van der Waals surface area (Å²) >= 11 is 0. The lowest BCUT2D eigenvalue weighted by atomic mass is 9.90. The van der Waals surface area contributed by atoms with Crippen LogP contribution in [0.4, 0.5) is 0 Å². The maximum atomic E-state index is 6.29. The van der Waals surface area contributed by atoms with Gasteiger partial charge in [-0.1, -0.05) is 315 Å². The van der Waals surface area contributed by atoms with Gasteiger partial charge in [0.15, 0.2) is 17.5 Å².